The van der Waals surface area contributed by atoms with Gasteiger partial charge in [-0.2, -0.15) is 0 Å². The number of aryl methyl sites for hydroxylation is 1. The first kappa shape index (κ1) is 13.6. The summed E-state index contributed by atoms with van der Waals surface area (Å²) in [4.78, 5) is 19.7. The number of aromatic nitrogens is 2. The van der Waals surface area contributed by atoms with Crippen molar-refractivity contribution in [3.63, 3.8) is 0 Å². The van der Waals surface area contributed by atoms with E-state index in [0.29, 0.717) is 17.0 Å². The fourth-order valence-electron chi connectivity index (χ4n) is 2.33. The predicted octanol–water partition coefficient (Wildman–Crippen LogP) is 3.32. The number of rotatable bonds is 2. The number of ether oxygens (including phenoxy) is 1. The molecule has 2 aromatic heterocycles. The van der Waals surface area contributed by atoms with Crippen molar-refractivity contribution in [2.45, 2.75) is 12.8 Å². The van der Waals surface area contributed by atoms with Crippen LogP contribution in [0.25, 0.3) is 0 Å². The molecule has 3 rings (SSSR count). The summed E-state index contributed by atoms with van der Waals surface area (Å²) in [5.74, 6) is -1.03. The van der Waals surface area contributed by atoms with Crippen molar-refractivity contribution in [2.75, 3.05) is 0 Å². The van der Waals surface area contributed by atoms with Crippen molar-refractivity contribution in [3.8, 4) is 11.8 Å². The average Bonchev–Trinajstić information content (AvgIpc) is 2.43. The number of carbonyl (C=O) groups is 1. The van der Waals surface area contributed by atoms with E-state index in [1.807, 2.05) is 6.92 Å². The van der Waals surface area contributed by atoms with Gasteiger partial charge in [-0.05, 0) is 25.1 Å². The monoisotopic (exact) mass is 302 g/mol. The Morgan fingerprint density at radius 3 is 2.52 bits per heavy atom. The molecule has 3 heterocycles. The largest absolute Gasteiger partial charge is 0.478 e. The third kappa shape index (κ3) is 2.25. The number of nitrogens with zero attached hydrogens (tertiary/aromatic N) is 2. The Bertz CT molecular complexity index is 722. The van der Waals surface area contributed by atoms with E-state index in [0.717, 1.165) is 5.69 Å². The van der Waals surface area contributed by atoms with Gasteiger partial charge in [-0.25, -0.2) is 14.8 Å². The SMILES string of the molecule is C=C(C(=O)O)C1c2ccc(C)nc2Oc2nc(Cl)ccc21. The minimum absolute atomic E-state index is 0.0376. The first-order valence-electron chi connectivity index (χ1n) is 6.21. The lowest BCUT2D eigenvalue weighted by molar-refractivity contribution is -0.132. The molecule has 1 atom stereocenters. The van der Waals surface area contributed by atoms with Crippen LogP contribution in [0.5, 0.6) is 11.8 Å². The van der Waals surface area contributed by atoms with Crippen molar-refractivity contribution in [3.05, 3.63) is 58.4 Å². The highest BCUT2D eigenvalue weighted by molar-refractivity contribution is 6.29. The lowest BCUT2D eigenvalue weighted by Gasteiger charge is -2.26. The number of hydrogen-bond donors (Lipinski definition) is 1. The molecule has 106 valence electrons. The predicted molar refractivity (Wildman–Crippen MR) is 76.9 cm³/mol. The van der Waals surface area contributed by atoms with Gasteiger partial charge in [-0.1, -0.05) is 24.2 Å². The zero-order chi connectivity index (χ0) is 15.1. The molecule has 2 aromatic rings. The molecule has 0 saturated heterocycles. The molecule has 0 aliphatic carbocycles. The van der Waals surface area contributed by atoms with E-state index in [-0.39, 0.29) is 16.6 Å². The molecule has 21 heavy (non-hydrogen) atoms. The molecule has 0 spiro atoms. The minimum atomic E-state index is -1.07. The van der Waals surface area contributed by atoms with E-state index >= 15 is 0 Å². The maximum absolute atomic E-state index is 11.3. The van der Waals surface area contributed by atoms with Gasteiger partial charge in [0.15, 0.2) is 0 Å². The second kappa shape index (κ2) is 4.86. The molecule has 0 aromatic carbocycles. The number of aliphatic carboxylic acids is 1. The Morgan fingerprint density at radius 1 is 1.24 bits per heavy atom. The maximum Gasteiger partial charge on any atom is 0.331 e. The van der Waals surface area contributed by atoms with Crippen LogP contribution in [0.4, 0.5) is 0 Å². The molecule has 1 N–H and O–H groups in total. The van der Waals surface area contributed by atoms with Gasteiger partial charge in [0.1, 0.15) is 5.15 Å². The number of halogens is 1. The summed E-state index contributed by atoms with van der Waals surface area (Å²) in [5.41, 5.74) is 2.07. The summed E-state index contributed by atoms with van der Waals surface area (Å²) >= 11 is 5.87. The minimum Gasteiger partial charge on any atom is -0.478 e. The molecule has 5 nitrogen and oxygen atoms in total. The molecule has 0 radical (unpaired) electrons. The van der Waals surface area contributed by atoms with Crippen LogP contribution in [-0.4, -0.2) is 21.0 Å². The Labute approximate surface area is 125 Å². The van der Waals surface area contributed by atoms with Crippen LogP contribution in [0.2, 0.25) is 5.15 Å². The zero-order valence-electron chi connectivity index (χ0n) is 11.1. The summed E-state index contributed by atoms with van der Waals surface area (Å²) in [6, 6.07) is 6.90. The van der Waals surface area contributed by atoms with Gasteiger partial charge in [0.05, 0.1) is 5.92 Å². The van der Waals surface area contributed by atoms with Gasteiger partial charge >= 0.3 is 5.97 Å². The lowest BCUT2D eigenvalue weighted by atomic mass is 9.85. The first-order chi connectivity index (χ1) is 9.97. The third-order valence-corrected chi connectivity index (χ3v) is 3.53. The highest BCUT2D eigenvalue weighted by Gasteiger charge is 2.33. The molecule has 0 bridgehead atoms. The average molecular weight is 303 g/mol. The van der Waals surface area contributed by atoms with Crippen LogP contribution in [0.3, 0.4) is 0 Å². The second-order valence-corrected chi connectivity index (χ2v) is 5.13. The Balaban J connectivity index is 2.23. The normalized spacial score (nSPS) is 15.6. The van der Waals surface area contributed by atoms with Gasteiger partial charge in [0, 0.05) is 22.4 Å². The van der Waals surface area contributed by atoms with E-state index < -0.39 is 11.9 Å². The highest BCUT2D eigenvalue weighted by Crippen LogP contribution is 2.45. The molecular weight excluding hydrogens is 292 g/mol. The number of hydrogen-bond acceptors (Lipinski definition) is 4. The zero-order valence-corrected chi connectivity index (χ0v) is 11.9. The van der Waals surface area contributed by atoms with Crippen LogP contribution in [0.1, 0.15) is 22.7 Å². The van der Waals surface area contributed by atoms with Crippen LogP contribution in [0.15, 0.2) is 36.4 Å². The van der Waals surface area contributed by atoms with Crippen LogP contribution >= 0.6 is 11.6 Å². The Kier molecular flexibility index (Phi) is 3.14. The van der Waals surface area contributed by atoms with E-state index in [2.05, 4.69) is 16.5 Å². The molecule has 6 heteroatoms. The standard InChI is InChI=1S/C15H11ClN2O3/c1-7-3-4-9-12(8(2)15(19)20)10-5-6-11(16)18-14(10)21-13(9)17-7/h3-6,12H,2H2,1H3,(H,19,20). The van der Waals surface area contributed by atoms with Crippen molar-refractivity contribution >= 4 is 17.6 Å². The molecule has 1 aliphatic rings. The molecule has 0 amide bonds. The molecule has 0 saturated carbocycles. The molecular formula is C15H11ClN2O3. The van der Waals surface area contributed by atoms with Crippen LogP contribution < -0.4 is 4.74 Å². The van der Waals surface area contributed by atoms with E-state index in [9.17, 15) is 9.90 Å². The summed E-state index contributed by atoms with van der Waals surface area (Å²) in [5, 5.41) is 9.56. The molecule has 0 fully saturated rings. The summed E-state index contributed by atoms with van der Waals surface area (Å²) in [6.07, 6.45) is 0. The van der Waals surface area contributed by atoms with Gasteiger partial charge in [-0.3, -0.25) is 0 Å². The van der Waals surface area contributed by atoms with Crippen LogP contribution in [0, 0.1) is 6.92 Å². The fourth-order valence-corrected chi connectivity index (χ4v) is 2.47. The lowest BCUT2D eigenvalue weighted by Crippen LogP contribution is -2.18. The topological polar surface area (TPSA) is 72.3 Å². The van der Waals surface area contributed by atoms with Crippen LogP contribution in [-0.2, 0) is 4.79 Å². The summed E-state index contributed by atoms with van der Waals surface area (Å²) in [6.45, 7) is 5.50. The van der Waals surface area contributed by atoms with E-state index in [1.165, 1.54) is 0 Å². The van der Waals surface area contributed by atoms with Crippen molar-refractivity contribution < 1.29 is 14.6 Å². The maximum atomic E-state index is 11.3. The Hall–Kier alpha value is -2.40. The van der Waals surface area contributed by atoms with Gasteiger partial charge in [0.2, 0.25) is 11.8 Å². The quantitative estimate of drug-likeness (QED) is 0.680. The van der Waals surface area contributed by atoms with Crippen molar-refractivity contribution in [2.24, 2.45) is 0 Å². The smallest absolute Gasteiger partial charge is 0.331 e. The fraction of sp³-hybridized carbons (Fsp3) is 0.133. The number of carboxylic acids is 1. The number of pyridine rings is 2. The second-order valence-electron chi connectivity index (χ2n) is 4.74. The van der Waals surface area contributed by atoms with Gasteiger partial charge in [-0.15, -0.1) is 0 Å². The first-order valence-corrected chi connectivity index (χ1v) is 6.59. The number of fused-ring (bicyclic) bond motifs is 2. The molecule has 1 aliphatic heterocycles. The third-order valence-electron chi connectivity index (χ3n) is 3.32. The summed E-state index contributed by atoms with van der Waals surface area (Å²) < 4.78 is 5.66. The highest BCUT2D eigenvalue weighted by atomic mass is 35.5. The van der Waals surface area contributed by atoms with Crippen molar-refractivity contribution in [1.29, 1.82) is 0 Å². The van der Waals surface area contributed by atoms with E-state index in [4.69, 9.17) is 16.3 Å². The Morgan fingerprint density at radius 2 is 1.86 bits per heavy atom. The van der Waals surface area contributed by atoms with Crippen molar-refractivity contribution in [1.82, 2.24) is 9.97 Å². The number of carboxylic acid groups (broad SMARTS) is 1. The van der Waals surface area contributed by atoms with Gasteiger partial charge < -0.3 is 9.84 Å². The molecule has 1 unspecified atom stereocenters. The van der Waals surface area contributed by atoms with Gasteiger partial charge in [0.25, 0.3) is 0 Å². The van der Waals surface area contributed by atoms with E-state index in [1.54, 1.807) is 24.3 Å². The summed E-state index contributed by atoms with van der Waals surface area (Å²) in [7, 11) is 0.